The molecule has 0 aliphatic heterocycles. The second-order valence-electron chi connectivity index (χ2n) is 4.36. The summed E-state index contributed by atoms with van der Waals surface area (Å²) in [5, 5.41) is 11.5. The number of hydrogen-bond donors (Lipinski definition) is 2. The van der Waals surface area contributed by atoms with Crippen molar-refractivity contribution in [3.63, 3.8) is 0 Å². The largest absolute Gasteiger partial charge is 0.506 e. The molecule has 6 heteroatoms. The van der Waals surface area contributed by atoms with Gasteiger partial charge in [0, 0.05) is 13.9 Å². The van der Waals surface area contributed by atoms with E-state index in [9.17, 15) is 9.90 Å². The molecule has 0 fully saturated rings. The Labute approximate surface area is 143 Å². The van der Waals surface area contributed by atoms with Crippen LogP contribution in [0.25, 0.3) is 10.9 Å². The molecule has 106 valence electrons. The van der Waals surface area contributed by atoms with Crippen molar-refractivity contribution in [2.45, 2.75) is 9.79 Å². The van der Waals surface area contributed by atoms with Gasteiger partial charge in [-0.2, -0.15) is 0 Å². The quantitative estimate of drug-likeness (QED) is 0.583. The Bertz CT molecular complexity index is 880. The van der Waals surface area contributed by atoms with Crippen molar-refractivity contribution in [1.82, 2.24) is 4.98 Å². The Morgan fingerprint density at radius 3 is 2.62 bits per heavy atom. The lowest BCUT2D eigenvalue weighted by Crippen LogP contribution is -2.08. The maximum absolute atomic E-state index is 12.2. The molecule has 2 N–H and O–H groups in total. The average molecular weight is 430 g/mol. The number of rotatable bonds is 2. The fourth-order valence-electron chi connectivity index (χ4n) is 1.96. The van der Waals surface area contributed by atoms with Crippen LogP contribution < -0.4 is 5.56 Å². The number of hydrogen-bond acceptors (Lipinski definition) is 3. The Kier molecular flexibility index (Phi) is 4.14. The third kappa shape index (κ3) is 2.90. The summed E-state index contributed by atoms with van der Waals surface area (Å²) in [5.41, 5.74) is 0.200. The van der Waals surface area contributed by atoms with Crippen molar-refractivity contribution < 1.29 is 5.11 Å². The van der Waals surface area contributed by atoms with Crippen LogP contribution in [0.4, 0.5) is 0 Å². The SMILES string of the molecule is O=c1[nH]c2cc(Cl)c(I)cc2c(O)c1Sc1ccccc1. The Balaban J connectivity index is 2.20. The summed E-state index contributed by atoms with van der Waals surface area (Å²) in [4.78, 5) is 16.1. The molecule has 0 atom stereocenters. The van der Waals surface area contributed by atoms with Gasteiger partial charge < -0.3 is 10.1 Å². The number of H-pyrrole nitrogens is 1. The van der Waals surface area contributed by atoms with E-state index in [-0.39, 0.29) is 16.2 Å². The van der Waals surface area contributed by atoms with E-state index in [0.29, 0.717) is 15.9 Å². The number of nitrogens with one attached hydrogen (secondary N) is 1. The van der Waals surface area contributed by atoms with E-state index in [2.05, 4.69) is 27.6 Å². The highest BCUT2D eigenvalue weighted by Gasteiger charge is 2.14. The van der Waals surface area contributed by atoms with Crippen molar-refractivity contribution in [3.8, 4) is 5.75 Å². The molecule has 0 radical (unpaired) electrons. The van der Waals surface area contributed by atoms with Gasteiger partial charge >= 0.3 is 0 Å². The Morgan fingerprint density at radius 2 is 1.90 bits per heavy atom. The van der Waals surface area contributed by atoms with E-state index in [4.69, 9.17) is 11.6 Å². The molecular formula is C15H9ClINO2S. The van der Waals surface area contributed by atoms with Gasteiger partial charge in [-0.1, -0.05) is 41.6 Å². The number of aromatic hydroxyl groups is 1. The van der Waals surface area contributed by atoms with Gasteiger partial charge in [0.05, 0.1) is 10.5 Å². The number of aromatic amines is 1. The zero-order valence-electron chi connectivity index (χ0n) is 10.6. The molecule has 0 aliphatic carbocycles. The zero-order valence-corrected chi connectivity index (χ0v) is 14.3. The van der Waals surface area contributed by atoms with E-state index in [1.54, 1.807) is 12.1 Å². The van der Waals surface area contributed by atoms with E-state index in [1.807, 2.05) is 30.3 Å². The second-order valence-corrected chi connectivity index (χ2v) is 7.01. The predicted molar refractivity (Wildman–Crippen MR) is 94.5 cm³/mol. The van der Waals surface area contributed by atoms with Gasteiger partial charge in [0.1, 0.15) is 10.6 Å². The zero-order chi connectivity index (χ0) is 15.0. The minimum absolute atomic E-state index is 0.0165. The third-order valence-corrected chi connectivity index (χ3v) is 5.56. The molecule has 0 unspecified atom stereocenters. The van der Waals surface area contributed by atoms with Crippen LogP contribution in [-0.2, 0) is 0 Å². The molecule has 0 aliphatic rings. The van der Waals surface area contributed by atoms with Gasteiger partial charge in [0.25, 0.3) is 5.56 Å². The molecule has 2 aromatic carbocycles. The molecule has 1 aromatic heterocycles. The number of aromatic nitrogens is 1. The van der Waals surface area contributed by atoms with Gasteiger partial charge in [-0.05, 0) is 46.9 Å². The molecule has 0 saturated heterocycles. The minimum Gasteiger partial charge on any atom is -0.506 e. The van der Waals surface area contributed by atoms with Gasteiger partial charge in [-0.15, -0.1) is 0 Å². The fraction of sp³-hybridized carbons (Fsp3) is 0. The van der Waals surface area contributed by atoms with E-state index >= 15 is 0 Å². The highest BCUT2D eigenvalue weighted by molar-refractivity contribution is 14.1. The summed E-state index contributed by atoms with van der Waals surface area (Å²) in [6, 6.07) is 12.9. The molecule has 0 spiro atoms. The highest BCUT2D eigenvalue weighted by atomic mass is 127. The molecule has 0 saturated carbocycles. The van der Waals surface area contributed by atoms with Crippen LogP contribution in [0.1, 0.15) is 0 Å². The van der Waals surface area contributed by atoms with Gasteiger partial charge in [0.2, 0.25) is 0 Å². The van der Waals surface area contributed by atoms with Crippen LogP contribution in [0, 0.1) is 3.57 Å². The molecule has 3 aromatic rings. The third-order valence-electron chi connectivity index (χ3n) is 2.95. The lowest BCUT2D eigenvalue weighted by atomic mass is 10.2. The van der Waals surface area contributed by atoms with Crippen LogP contribution in [0.2, 0.25) is 5.02 Å². The maximum atomic E-state index is 12.2. The van der Waals surface area contributed by atoms with Crippen LogP contribution in [0.15, 0.2) is 57.1 Å². The average Bonchev–Trinajstić information content (AvgIpc) is 2.47. The summed E-state index contributed by atoms with van der Waals surface area (Å²) >= 11 is 9.37. The molecule has 3 rings (SSSR count). The van der Waals surface area contributed by atoms with Gasteiger partial charge in [-0.25, -0.2) is 0 Å². The lowest BCUT2D eigenvalue weighted by Gasteiger charge is -2.08. The van der Waals surface area contributed by atoms with Crippen molar-refractivity contribution >= 4 is 56.9 Å². The van der Waals surface area contributed by atoms with Gasteiger partial charge in [0.15, 0.2) is 0 Å². The maximum Gasteiger partial charge on any atom is 0.266 e. The molecule has 1 heterocycles. The standard InChI is InChI=1S/C15H9ClINO2S/c16-10-7-12-9(6-11(10)17)13(19)14(15(20)18-12)21-8-4-2-1-3-5-8/h1-7H,(H2,18,19,20). The molecule has 0 bridgehead atoms. The summed E-state index contributed by atoms with van der Waals surface area (Å²) in [5.74, 6) is -0.0165. The summed E-state index contributed by atoms with van der Waals surface area (Å²) in [7, 11) is 0. The second kappa shape index (κ2) is 5.90. The van der Waals surface area contributed by atoms with Crippen molar-refractivity contribution in [1.29, 1.82) is 0 Å². The molecule has 3 nitrogen and oxygen atoms in total. The summed E-state index contributed by atoms with van der Waals surface area (Å²) in [6.07, 6.45) is 0. The smallest absolute Gasteiger partial charge is 0.266 e. The Morgan fingerprint density at radius 1 is 1.19 bits per heavy atom. The molecule has 0 amide bonds. The Hall–Kier alpha value is -1.18. The summed E-state index contributed by atoms with van der Waals surface area (Å²) < 4.78 is 0.819. The highest BCUT2D eigenvalue weighted by Crippen LogP contribution is 2.37. The van der Waals surface area contributed by atoms with Crippen LogP contribution in [0.5, 0.6) is 5.75 Å². The monoisotopic (exact) mass is 429 g/mol. The summed E-state index contributed by atoms with van der Waals surface area (Å²) in [6.45, 7) is 0. The first-order chi connectivity index (χ1) is 10.1. The number of pyridine rings is 1. The van der Waals surface area contributed by atoms with Crippen molar-refractivity contribution in [2.75, 3.05) is 0 Å². The van der Waals surface area contributed by atoms with Gasteiger partial charge in [-0.3, -0.25) is 4.79 Å². The van der Waals surface area contributed by atoms with Crippen LogP contribution in [-0.4, -0.2) is 10.1 Å². The number of fused-ring (bicyclic) bond motifs is 1. The van der Waals surface area contributed by atoms with Crippen molar-refractivity contribution in [2.24, 2.45) is 0 Å². The first-order valence-electron chi connectivity index (χ1n) is 6.03. The normalized spacial score (nSPS) is 11.0. The van der Waals surface area contributed by atoms with E-state index in [0.717, 1.165) is 8.47 Å². The van der Waals surface area contributed by atoms with Crippen molar-refractivity contribution in [3.05, 3.63) is 61.4 Å². The predicted octanol–water partition coefficient (Wildman–Crippen LogP) is 4.64. The molecule has 21 heavy (non-hydrogen) atoms. The minimum atomic E-state index is -0.328. The topological polar surface area (TPSA) is 53.1 Å². The number of halogens is 2. The van der Waals surface area contributed by atoms with E-state index in [1.165, 1.54) is 11.8 Å². The van der Waals surface area contributed by atoms with E-state index < -0.39 is 0 Å². The first kappa shape index (κ1) is 14.7. The molecular weight excluding hydrogens is 421 g/mol. The van der Waals surface area contributed by atoms with Crippen LogP contribution >= 0.6 is 46.0 Å². The number of benzene rings is 2. The lowest BCUT2D eigenvalue weighted by molar-refractivity contribution is 0.467. The first-order valence-corrected chi connectivity index (χ1v) is 8.30. The van der Waals surface area contributed by atoms with Crippen LogP contribution in [0.3, 0.4) is 0 Å². The fourth-order valence-corrected chi connectivity index (χ4v) is 3.47.